The topological polar surface area (TPSA) is 71.2 Å². The van der Waals surface area contributed by atoms with Gasteiger partial charge in [0, 0.05) is 39.0 Å². The number of hydrogen-bond donors (Lipinski definition) is 0. The lowest BCUT2D eigenvalue weighted by Gasteiger charge is -2.36. The van der Waals surface area contributed by atoms with Crippen LogP contribution in [0.15, 0.2) is 28.8 Å². The Morgan fingerprint density at radius 3 is 2.57 bits per heavy atom. The quantitative estimate of drug-likeness (QED) is 0.627. The van der Waals surface area contributed by atoms with Gasteiger partial charge in [-0.05, 0) is 24.6 Å². The Morgan fingerprint density at radius 2 is 1.89 bits per heavy atom. The predicted molar refractivity (Wildman–Crippen MR) is 105 cm³/mol. The minimum Gasteiger partial charge on any atom is -0.344 e. The number of aryl methyl sites for hydroxylation is 1. The Hall–Kier alpha value is -2.39. The van der Waals surface area contributed by atoms with Crippen molar-refractivity contribution in [2.75, 3.05) is 31.1 Å². The van der Waals surface area contributed by atoms with Gasteiger partial charge in [0.25, 0.3) is 0 Å². The number of aromatic nitrogens is 4. The molecule has 7 nitrogen and oxygen atoms in total. The predicted octanol–water partition coefficient (Wildman–Crippen LogP) is 3.10. The standard InChI is InChI=1S/C19H23FN6OS/c1-3-16-21-18(27-24-16)13(2)25-8-10-26(11-9-25)19-23-22-17(28-19)12-14-4-6-15(20)7-5-14/h4-7,13H,3,8-12H2,1-2H3. The monoisotopic (exact) mass is 402 g/mol. The maximum Gasteiger partial charge on any atom is 0.243 e. The molecule has 0 radical (unpaired) electrons. The average Bonchev–Trinajstić information content (AvgIpc) is 3.39. The molecule has 148 valence electrons. The SMILES string of the molecule is CCc1noc(C(C)N2CCN(c3nnc(Cc4ccc(F)cc4)s3)CC2)n1. The van der Waals surface area contributed by atoms with Crippen molar-refractivity contribution in [1.29, 1.82) is 0 Å². The van der Waals surface area contributed by atoms with Crippen molar-refractivity contribution in [3.63, 3.8) is 0 Å². The third-order valence-corrected chi connectivity index (χ3v) is 6.00. The van der Waals surface area contributed by atoms with Crippen molar-refractivity contribution in [2.45, 2.75) is 32.7 Å². The molecule has 1 aliphatic heterocycles. The summed E-state index contributed by atoms with van der Waals surface area (Å²) in [6.07, 6.45) is 1.45. The number of piperazine rings is 1. The van der Waals surface area contributed by atoms with Gasteiger partial charge in [0.2, 0.25) is 11.0 Å². The summed E-state index contributed by atoms with van der Waals surface area (Å²) >= 11 is 1.60. The van der Waals surface area contributed by atoms with Crippen LogP contribution in [0.25, 0.3) is 0 Å². The van der Waals surface area contributed by atoms with Crippen LogP contribution in [0.1, 0.15) is 42.2 Å². The highest BCUT2D eigenvalue weighted by Crippen LogP contribution is 2.26. The van der Waals surface area contributed by atoms with Crippen LogP contribution in [-0.4, -0.2) is 51.4 Å². The second-order valence-corrected chi connectivity index (χ2v) is 7.92. The molecular formula is C19H23FN6OS. The first kappa shape index (κ1) is 18.9. The van der Waals surface area contributed by atoms with Gasteiger partial charge in [0.15, 0.2) is 5.82 Å². The zero-order chi connectivity index (χ0) is 19.5. The Balaban J connectivity index is 1.33. The van der Waals surface area contributed by atoms with E-state index in [-0.39, 0.29) is 11.9 Å². The summed E-state index contributed by atoms with van der Waals surface area (Å²) in [6, 6.07) is 6.64. The summed E-state index contributed by atoms with van der Waals surface area (Å²) in [5, 5.41) is 14.5. The van der Waals surface area contributed by atoms with Gasteiger partial charge in [-0.3, -0.25) is 4.90 Å². The highest BCUT2D eigenvalue weighted by molar-refractivity contribution is 7.15. The molecule has 0 saturated carbocycles. The summed E-state index contributed by atoms with van der Waals surface area (Å²) in [6.45, 7) is 7.68. The minimum atomic E-state index is -0.222. The number of rotatable bonds is 6. The van der Waals surface area contributed by atoms with Crippen LogP contribution < -0.4 is 4.90 Å². The smallest absolute Gasteiger partial charge is 0.243 e. The van der Waals surface area contributed by atoms with E-state index in [0.29, 0.717) is 12.3 Å². The lowest BCUT2D eigenvalue weighted by Crippen LogP contribution is -2.47. The molecule has 28 heavy (non-hydrogen) atoms. The van der Waals surface area contributed by atoms with Crippen LogP contribution in [0.2, 0.25) is 0 Å². The molecule has 1 aromatic carbocycles. The van der Waals surface area contributed by atoms with E-state index in [0.717, 1.165) is 54.1 Å². The highest BCUT2D eigenvalue weighted by Gasteiger charge is 2.27. The summed E-state index contributed by atoms with van der Waals surface area (Å²) in [4.78, 5) is 9.07. The van der Waals surface area contributed by atoms with E-state index in [1.807, 2.05) is 6.92 Å². The molecule has 3 aromatic rings. The van der Waals surface area contributed by atoms with Gasteiger partial charge < -0.3 is 9.42 Å². The van der Waals surface area contributed by atoms with Gasteiger partial charge in [-0.1, -0.05) is 35.5 Å². The Morgan fingerprint density at radius 1 is 1.14 bits per heavy atom. The molecule has 1 unspecified atom stereocenters. The number of hydrogen-bond acceptors (Lipinski definition) is 8. The third-order valence-electron chi connectivity index (χ3n) is 5.01. The maximum atomic E-state index is 13.0. The van der Waals surface area contributed by atoms with Crippen molar-refractivity contribution < 1.29 is 8.91 Å². The van der Waals surface area contributed by atoms with Crippen LogP contribution >= 0.6 is 11.3 Å². The van der Waals surface area contributed by atoms with E-state index in [4.69, 9.17) is 4.52 Å². The second kappa shape index (κ2) is 8.32. The molecule has 9 heteroatoms. The molecule has 1 saturated heterocycles. The number of nitrogens with zero attached hydrogens (tertiary/aromatic N) is 6. The normalized spacial score (nSPS) is 16.5. The summed E-state index contributed by atoms with van der Waals surface area (Å²) < 4.78 is 18.4. The molecule has 1 atom stereocenters. The van der Waals surface area contributed by atoms with E-state index >= 15 is 0 Å². The zero-order valence-corrected chi connectivity index (χ0v) is 16.8. The number of halogens is 1. The molecule has 0 bridgehead atoms. The molecule has 0 spiro atoms. The fourth-order valence-electron chi connectivity index (χ4n) is 3.26. The fourth-order valence-corrected chi connectivity index (χ4v) is 4.18. The summed E-state index contributed by atoms with van der Waals surface area (Å²) in [7, 11) is 0. The van der Waals surface area contributed by atoms with Crippen molar-refractivity contribution in [1.82, 2.24) is 25.2 Å². The fraction of sp³-hybridized carbons (Fsp3) is 0.474. The molecule has 0 N–H and O–H groups in total. The van der Waals surface area contributed by atoms with E-state index < -0.39 is 0 Å². The van der Waals surface area contributed by atoms with Crippen molar-refractivity contribution in [2.24, 2.45) is 0 Å². The van der Waals surface area contributed by atoms with Crippen LogP contribution in [0.5, 0.6) is 0 Å². The van der Waals surface area contributed by atoms with Crippen LogP contribution in [0.3, 0.4) is 0 Å². The molecule has 0 amide bonds. The van der Waals surface area contributed by atoms with E-state index in [2.05, 4.69) is 37.1 Å². The molecule has 2 aromatic heterocycles. The first-order chi connectivity index (χ1) is 13.6. The van der Waals surface area contributed by atoms with Gasteiger partial charge in [-0.15, -0.1) is 10.2 Å². The van der Waals surface area contributed by atoms with E-state index in [9.17, 15) is 4.39 Å². The summed E-state index contributed by atoms with van der Waals surface area (Å²) in [5.74, 6) is 1.21. The second-order valence-electron chi connectivity index (χ2n) is 6.88. The largest absolute Gasteiger partial charge is 0.344 e. The molecule has 3 heterocycles. The van der Waals surface area contributed by atoms with Crippen molar-refractivity contribution >= 4 is 16.5 Å². The first-order valence-corrected chi connectivity index (χ1v) is 10.3. The minimum absolute atomic E-state index is 0.110. The lowest BCUT2D eigenvalue weighted by molar-refractivity contribution is 0.164. The molecule has 0 aliphatic carbocycles. The average molecular weight is 402 g/mol. The maximum absolute atomic E-state index is 13.0. The van der Waals surface area contributed by atoms with Crippen molar-refractivity contribution in [3.05, 3.63) is 52.4 Å². The Labute approximate surface area is 167 Å². The molecule has 1 aliphatic rings. The lowest BCUT2D eigenvalue weighted by atomic mass is 10.2. The van der Waals surface area contributed by atoms with Crippen LogP contribution in [0, 0.1) is 5.82 Å². The van der Waals surface area contributed by atoms with Gasteiger partial charge >= 0.3 is 0 Å². The Kier molecular flexibility index (Phi) is 5.63. The van der Waals surface area contributed by atoms with E-state index in [1.165, 1.54) is 12.1 Å². The molecular weight excluding hydrogens is 379 g/mol. The van der Waals surface area contributed by atoms with Gasteiger partial charge in [0.05, 0.1) is 6.04 Å². The van der Waals surface area contributed by atoms with Gasteiger partial charge in [-0.25, -0.2) is 4.39 Å². The molecule has 1 fully saturated rings. The summed E-state index contributed by atoms with van der Waals surface area (Å²) in [5.41, 5.74) is 1.04. The molecule has 4 rings (SSSR count). The van der Waals surface area contributed by atoms with Gasteiger partial charge in [0.1, 0.15) is 10.8 Å². The highest BCUT2D eigenvalue weighted by atomic mass is 32.1. The van der Waals surface area contributed by atoms with Crippen LogP contribution in [-0.2, 0) is 12.8 Å². The first-order valence-electron chi connectivity index (χ1n) is 9.50. The van der Waals surface area contributed by atoms with Gasteiger partial charge in [-0.2, -0.15) is 4.98 Å². The van der Waals surface area contributed by atoms with E-state index in [1.54, 1.807) is 23.5 Å². The van der Waals surface area contributed by atoms with Crippen molar-refractivity contribution in [3.8, 4) is 0 Å². The number of benzene rings is 1. The third kappa shape index (κ3) is 4.20. The Bertz CT molecular complexity index is 903. The zero-order valence-electron chi connectivity index (χ0n) is 16.0. The number of anilines is 1. The van der Waals surface area contributed by atoms with Crippen LogP contribution in [0.4, 0.5) is 9.52 Å².